The highest BCUT2D eigenvalue weighted by Gasteiger charge is 2.14. The molecule has 2 amide bonds. The van der Waals surface area contributed by atoms with Crippen LogP contribution in [0.2, 0.25) is 0 Å². The van der Waals surface area contributed by atoms with Crippen molar-refractivity contribution in [1.29, 1.82) is 0 Å². The Morgan fingerprint density at radius 2 is 1.83 bits per heavy atom. The minimum absolute atomic E-state index is 0.183. The summed E-state index contributed by atoms with van der Waals surface area (Å²) < 4.78 is 28.3. The van der Waals surface area contributed by atoms with Gasteiger partial charge < -0.3 is 10.6 Å². The maximum absolute atomic E-state index is 13.5. The third-order valence-electron chi connectivity index (χ3n) is 3.67. The largest absolute Gasteiger partial charge is 0.335 e. The average molecular weight is 346 g/mol. The number of thiophene rings is 1. The number of urea groups is 1. The van der Waals surface area contributed by atoms with E-state index in [1.54, 1.807) is 11.3 Å². The zero-order valence-electron chi connectivity index (χ0n) is 13.0. The summed E-state index contributed by atoms with van der Waals surface area (Å²) in [6.45, 7) is 1.85. The van der Waals surface area contributed by atoms with Gasteiger partial charge in [-0.2, -0.15) is 0 Å². The number of anilines is 1. The molecule has 0 aliphatic carbocycles. The van der Waals surface area contributed by atoms with E-state index in [1.165, 1.54) is 10.8 Å². The molecule has 1 atom stereocenters. The van der Waals surface area contributed by atoms with Crippen molar-refractivity contribution in [3.8, 4) is 0 Å². The van der Waals surface area contributed by atoms with E-state index >= 15 is 0 Å². The molecule has 0 aliphatic rings. The van der Waals surface area contributed by atoms with Gasteiger partial charge in [0.2, 0.25) is 0 Å². The second kappa shape index (κ2) is 6.97. The Hall–Kier alpha value is -2.47. The lowest BCUT2D eigenvalue weighted by Crippen LogP contribution is -2.37. The summed E-state index contributed by atoms with van der Waals surface area (Å²) in [7, 11) is 0. The van der Waals surface area contributed by atoms with Crippen LogP contribution in [0, 0.1) is 11.6 Å². The van der Waals surface area contributed by atoms with Gasteiger partial charge in [0.15, 0.2) is 0 Å². The minimum Gasteiger partial charge on any atom is -0.335 e. The number of halogens is 2. The number of carbonyl (C=O) groups is 1. The Morgan fingerprint density at radius 1 is 1.12 bits per heavy atom. The van der Waals surface area contributed by atoms with Crippen LogP contribution in [0.15, 0.2) is 47.8 Å². The quantitative estimate of drug-likeness (QED) is 0.691. The number of nitrogens with one attached hydrogen (secondary N) is 2. The summed E-state index contributed by atoms with van der Waals surface area (Å²) in [6.07, 6.45) is 0.636. The smallest absolute Gasteiger partial charge is 0.319 e. The van der Waals surface area contributed by atoms with E-state index < -0.39 is 23.4 Å². The first-order chi connectivity index (χ1) is 11.5. The molecule has 1 heterocycles. The number of amides is 2. The van der Waals surface area contributed by atoms with E-state index in [-0.39, 0.29) is 6.04 Å². The van der Waals surface area contributed by atoms with Gasteiger partial charge in [-0.3, -0.25) is 0 Å². The summed E-state index contributed by atoms with van der Waals surface area (Å²) >= 11 is 1.65. The number of benzene rings is 2. The molecule has 0 fully saturated rings. The van der Waals surface area contributed by atoms with E-state index in [0.717, 1.165) is 23.1 Å². The zero-order valence-corrected chi connectivity index (χ0v) is 13.8. The normalized spacial score (nSPS) is 12.1. The monoisotopic (exact) mass is 346 g/mol. The number of hydrogen-bond acceptors (Lipinski definition) is 2. The predicted octanol–water partition coefficient (Wildman–Crippen LogP) is 4.93. The molecule has 0 bridgehead atoms. The van der Waals surface area contributed by atoms with Crippen LogP contribution in [0.1, 0.15) is 12.5 Å². The highest BCUT2D eigenvalue weighted by atomic mass is 32.1. The van der Waals surface area contributed by atoms with E-state index in [0.29, 0.717) is 6.42 Å². The van der Waals surface area contributed by atoms with Crippen molar-refractivity contribution in [2.75, 3.05) is 5.32 Å². The number of hydrogen-bond donors (Lipinski definition) is 2. The highest BCUT2D eigenvalue weighted by molar-refractivity contribution is 7.17. The summed E-state index contributed by atoms with van der Waals surface area (Å²) in [4.78, 5) is 12.0. The number of rotatable bonds is 4. The van der Waals surface area contributed by atoms with Gasteiger partial charge in [-0.25, -0.2) is 13.6 Å². The molecule has 0 spiro atoms. The van der Waals surface area contributed by atoms with Gasteiger partial charge in [-0.15, -0.1) is 11.3 Å². The van der Waals surface area contributed by atoms with Gasteiger partial charge in [-0.05, 0) is 47.9 Å². The summed E-state index contributed by atoms with van der Waals surface area (Å²) in [5.74, 6) is -1.61. The van der Waals surface area contributed by atoms with Crippen LogP contribution in [0.4, 0.5) is 19.3 Å². The third kappa shape index (κ3) is 3.54. The lowest BCUT2D eigenvalue weighted by molar-refractivity contribution is 0.249. The van der Waals surface area contributed by atoms with Crippen molar-refractivity contribution in [3.63, 3.8) is 0 Å². The highest BCUT2D eigenvalue weighted by Crippen LogP contribution is 2.26. The van der Waals surface area contributed by atoms with Crippen LogP contribution in [0.5, 0.6) is 0 Å². The van der Waals surface area contributed by atoms with Gasteiger partial charge in [0, 0.05) is 10.7 Å². The second-order valence-electron chi connectivity index (χ2n) is 5.56. The predicted molar refractivity (Wildman–Crippen MR) is 93.5 cm³/mol. The van der Waals surface area contributed by atoms with Crippen molar-refractivity contribution in [3.05, 3.63) is 65.0 Å². The molecule has 3 aromatic rings. The molecule has 3 rings (SSSR count). The molecule has 124 valence electrons. The number of carbonyl (C=O) groups excluding carboxylic acids is 1. The molecule has 24 heavy (non-hydrogen) atoms. The Morgan fingerprint density at radius 3 is 2.58 bits per heavy atom. The standard InChI is InChI=1S/C18H16F2N2OS/c1-11(9-12-10-24-16-8-3-2-5-13(12)16)21-18(23)22-17-14(19)6-4-7-15(17)20/h2-8,10-11H,9H2,1H3,(H2,21,22,23). The van der Waals surface area contributed by atoms with Crippen molar-refractivity contribution < 1.29 is 13.6 Å². The van der Waals surface area contributed by atoms with Gasteiger partial charge in [-0.1, -0.05) is 24.3 Å². The fraction of sp³-hybridized carbons (Fsp3) is 0.167. The fourth-order valence-electron chi connectivity index (χ4n) is 2.56. The van der Waals surface area contributed by atoms with Gasteiger partial charge in [0.05, 0.1) is 0 Å². The molecular formula is C18H16F2N2OS. The van der Waals surface area contributed by atoms with Gasteiger partial charge >= 0.3 is 6.03 Å². The van der Waals surface area contributed by atoms with Crippen molar-refractivity contribution in [2.24, 2.45) is 0 Å². The molecule has 1 aromatic heterocycles. The number of fused-ring (bicyclic) bond motifs is 1. The first-order valence-electron chi connectivity index (χ1n) is 7.51. The maximum Gasteiger partial charge on any atom is 0.319 e. The minimum atomic E-state index is -0.804. The zero-order chi connectivity index (χ0) is 17.1. The van der Waals surface area contributed by atoms with Gasteiger partial charge in [0.1, 0.15) is 17.3 Å². The van der Waals surface area contributed by atoms with E-state index in [1.807, 2.05) is 25.1 Å². The molecular weight excluding hydrogens is 330 g/mol. The molecule has 0 saturated carbocycles. The molecule has 1 unspecified atom stereocenters. The summed E-state index contributed by atoms with van der Waals surface area (Å²) in [6, 6.07) is 10.7. The average Bonchev–Trinajstić information content (AvgIpc) is 2.94. The summed E-state index contributed by atoms with van der Waals surface area (Å²) in [5.41, 5.74) is 0.698. The summed E-state index contributed by atoms with van der Waals surface area (Å²) in [5, 5.41) is 8.17. The fourth-order valence-corrected chi connectivity index (χ4v) is 3.54. The van der Waals surface area contributed by atoms with Crippen LogP contribution < -0.4 is 10.6 Å². The first kappa shape index (κ1) is 16.4. The number of para-hydroxylation sites is 1. The molecule has 2 N–H and O–H groups in total. The lowest BCUT2D eigenvalue weighted by atomic mass is 10.1. The molecule has 0 aliphatic heterocycles. The van der Waals surface area contributed by atoms with Crippen LogP contribution in [0.3, 0.4) is 0 Å². The van der Waals surface area contributed by atoms with E-state index in [9.17, 15) is 13.6 Å². The second-order valence-corrected chi connectivity index (χ2v) is 6.47. The molecule has 3 nitrogen and oxygen atoms in total. The molecule has 2 aromatic carbocycles. The maximum atomic E-state index is 13.5. The van der Waals surface area contributed by atoms with Crippen molar-refractivity contribution in [1.82, 2.24) is 5.32 Å². The van der Waals surface area contributed by atoms with E-state index in [2.05, 4.69) is 22.1 Å². The Kier molecular flexibility index (Phi) is 4.76. The van der Waals surface area contributed by atoms with Gasteiger partial charge in [0.25, 0.3) is 0 Å². The molecule has 0 radical (unpaired) electrons. The van der Waals surface area contributed by atoms with Crippen molar-refractivity contribution >= 4 is 33.1 Å². The topological polar surface area (TPSA) is 41.1 Å². The van der Waals surface area contributed by atoms with Crippen LogP contribution in [0.25, 0.3) is 10.1 Å². The third-order valence-corrected chi connectivity index (χ3v) is 4.68. The van der Waals surface area contributed by atoms with Crippen LogP contribution in [-0.4, -0.2) is 12.1 Å². The lowest BCUT2D eigenvalue weighted by Gasteiger charge is -2.15. The van der Waals surface area contributed by atoms with E-state index in [4.69, 9.17) is 0 Å². The Bertz CT molecular complexity index is 858. The molecule has 0 saturated heterocycles. The van der Waals surface area contributed by atoms with Crippen LogP contribution >= 0.6 is 11.3 Å². The Balaban J connectivity index is 1.64. The Labute approximate surface area is 142 Å². The van der Waals surface area contributed by atoms with Crippen LogP contribution in [-0.2, 0) is 6.42 Å². The SMILES string of the molecule is CC(Cc1csc2ccccc12)NC(=O)Nc1c(F)cccc1F. The molecule has 6 heteroatoms. The first-order valence-corrected chi connectivity index (χ1v) is 8.39. The van der Waals surface area contributed by atoms with Crippen molar-refractivity contribution in [2.45, 2.75) is 19.4 Å².